The summed E-state index contributed by atoms with van der Waals surface area (Å²) in [6, 6.07) is 8.60. The predicted octanol–water partition coefficient (Wildman–Crippen LogP) is 2.34. The van der Waals surface area contributed by atoms with Crippen LogP contribution < -0.4 is 10.5 Å². The molecule has 0 unspecified atom stereocenters. The van der Waals surface area contributed by atoms with Crippen molar-refractivity contribution in [3.8, 4) is 0 Å². The van der Waals surface area contributed by atoms with E-state index in [0.29, 0.717) is 11.6 Å². The molecule has 0 spiro atoms. The number of benzene rings is 1. The van der Waals surface area contributed by atoms with E-state index in [2.05, 4.69) is 4.72 Å². The van der Waals surface area contributed by atoms with Crippen molar-refractivity contribution in [1.29, 1.82) is 0 Å². The second kappa shape index (κ2) is 6.02. The molecule has 102 valence electrons. The van der Waals surface area contributed by atoms with Crippen molar-refractivity contribution in [2.75, 3.05) is 0 Å². The largest absolute Gasteiger partial charge is 0.326 e. The molecular weight excluding hydrogens is 304 g/mol. The molecule has 0 aliphatic rings. The van der Waals surface area contributed by atoms with Crippen LogP contribution in [-0.2, 0) is 23.1 Å². The van der Waals surface area contributed by atoms with Gasteiger partial charge in [0.05, 0.1) is 4.90 Å². The van der Waals surface area contributed by atoms with E-state index in [1.165, 1.54) is 11.3 Å². The van der Waals surface area contributed by atoms with Crippen molar-refractivity contribution in [2.24, 2.45) is 5.73 Å². The van der Waals surface area contributed by atoms with E-state index in [0.717, 1.165) is 10.4 Å². The molecule has 2 rings (SSSR count). The first-order chi connectivity index (χ1) is 9.01. The molecular formula is C12H13ClN2O2S2. The number of hydrogen-bond donors (Lipinski definition) is 2. The molecule has 0 radical (unpaired) electrons. The lowest BCUT2D eigenvalue weighted by Crippen LogP contribution is -2.22. The molecule has 0 atom stereocenters. The fraction of sp³-hybridized carbons (Fsp3) is 0.167. The van der Waals surface area contributed by atoms with Crippen molar-refractivity contribution in [3.63, 3.8) is 0 Å². The number of halogens is 1. The first-order valence-corrected chi connectivity index (χ1v) is 8.27. The fourth-order valence-corrected chi connectivity index (χ4v) is 3.77. The highest BCUT2D eigenvalue weighted by molar-refractivity contribution is 7.89. The van der Waals surface area contributed by atoms with Crippen LogP contribution in [0.2, 0.25) is 5.02 Å². The maximum Gasteiger partial charge on any atom is 0.241 e. The summed E-state index contributed by atoms with van der Waals surface area (Å²) in [4.78, 5) is 1.10. The van der Waals surface area contributed by atoms with E-state index in [-0.39, 0.29) is 11.4 Å². The lowest BCUT2D eigenvalue weighted by molar-refractivity contribution is 0.581. The summed E-state index contributed by atoms with van der Waals surface area (Å²) in [6.45, 7) is 0.574. The Morgan fingerprint density at radius 3 is 2.53 bits per heavy atom. The van der Waals surface area contributed by atoms with Gasteiger partial charge in [-0.25, -0.2) is 13.1 Å². The summed E-state index contributed by atoms with van der Waals surface area (Å²) in [5.41, 5.74) is 6.32. The first kappa shape index (κ1) is 14.5. The molecule has 19 heavy (non-hydrogen) atoms. The number of nitrogens with one attached hydrogen (secondary N) is 1. The van der Waals surface area contributed by atoms with E-state index in [9.17, 15) is 8.42 Å². The van der Waals surface area contributed by atoms with E-state index in [1.54, 1.807) is 35.7 Å². The Morgan fingerprint density at radius 1 is 1.26 bits per heavy atom. The molecule has 0 aliphatic heterocycles. The monoisotopic (exact) mass is 316 g/mol. The predicted molar refractivity (Wildman–Crippen MR) is 77.7 cm³/mol. The Morgan fingerprint density at radius 2 is 1.95 bits per heavy atom. The lowest BCUT2D eigenvalue weighted by atomic mass is 10.2. The molecule has 1 heterocycles. The molecule has 0 saturated carbocycles. The highest BCUT2D eigenvalue weighted by Crippen LogP contribution is 2.19. The average Bonchev–Trinajstić information content (AvgIpc) is 2.88. The van der Waals surface area contributed by atoms with Crippen LogP contribution in [0.15, 0.2) is 40.6 Å². The van der Waals surface area contributed by atoms with Crippen molar-refractivity contribution in [1.82, 2.24) is 4.72 Å². The normalized spacial score (nSPS) is 11.7. The lowest BCUT2D eigenvalue weighted by Gasteiger charge is -2.05. The Bertz CT molecular complexity index is 651. The topological polar surface area (TPSA) is 72.2 Å². The van der Waals surface area contributed by atoms with Gasteiger partial charge in [-0.05, 0) is 23.8 Å². The molecule has 2 aromatic rings. The molecule has 1 aromatic carbocycles. The third kappa shape index (κ3) is 3.77. The third-order valence-electron chi connectivity index (χ3n) is 2.52. The van der Waals surface area contributed by atoms with E-state index < -0.39 is 10.0 Å². The maximum atomic E-state index is 12.0. The SMILES string of the molecule is NCc1cc(S(=O)(=O)NCc2ccc(Cl)cc2)cs1. The minimum absolute atomic E-state index is 0.229. The number of sulfonamides is 1. The van der Waals surface area contributed by atoms with Gasteiger partial charge >= 0.3 is 0 Å². The summed E-state index contributed by atoms with van der Waals surface area (Å²) in [6.07, 6.45) is 0. The Kier molecular flexibility index (Phi) is 4.59. The molecule has 1 aromatic heterocycles. The second-order valence-corrected chi connectivity index (χ2v) is 7.10. The van der Waals surface area contributed by atoms with Crippen LogP contribution in [0.4, 0.5) is 0 Å². The summed E-state index contributed by atoms with van der Waals surface area (Å²) < 4.78 is 26.6. The summed E-state index contributed by atoms with van der Waals surface area (Å²) >= 11 is 7.11. The highest BCUT2D eigenvalue weighted by atomic mass is 35.5. The van der Waals surface area contributed by atoms with E-state index in [1.807, 2.05) is 0 Å². The molecule has 0 bridgehead atoms. The zero-order valence-corrected chi connectivity index (χ0v) is 12.4. The van der Waals surface area contributed by atoms with Crippen molar-refractivity contribution < 1.29 is 8.42 Å². The Balaban J connectivity index is 2.07. The molecule has 4 nitrogen and oxygen atoms in total. The summed E-state index contributed by atoms with van der Waals surface area (Å²) in [5.74, 6) is 0. The number of thiophene rings is 1. The van der Waals surface area contributed by atoms with Crippen LogP contribution in [0.25, 0.3) is 0 Å². The van der Waals surface area contributed by atoms with Crippen LogP contribution in [0.1, 0.15) is 10.4 Å². The molecule has 3 N–H and O–H groups in total. The van der Waals surface area contributed by atoms with Gasteiger partial charge in [-0.3, -0.25) is 0 Å². The minimum atomic E-state index is -3.49. The molecule has 7 heteroatoms. The van der Waals surface area contributed by atoms with E-state index in [4.69, 9.17) is 17.3 Å². The number of hydrogen-bond acceptors (Lipinski definition) is 4. The summed E-state index contributed by atoms with van der Waals surface area (Å²) in [5, 5.41) is 2.21. The highest BCUT2D eigenvalue weighted by Gasteiger charge is 2.15. The third-order valence-corrected chi connectivity index (χ3v) is 5.26. The van der Waals surface area contributed by atoms with Crippen LogP contribution in [0, 0.1) is 0 Å². The van der Waals surface area contributed by atoms with Crippen LogP contribution in [-0.4, -0.2) is 8.42 Å². The van der Waals surface area contributed by atoms with Crippen molar-refractivity contribution in [2.45, 2.75) is 18.0 Å². The number of rotatable bonds is 5. The molecule has 0 saturated heterocycles. The van der Waals surface area contributed by atoms with Gasteiger partial charge in [0.15, 0.2) is 0 Å². The smallest absolute Gasteiger partial charge is 0.241 e. The van der Waals surface area contributed by atoms with Gasteiger partial charge in [0.1, 0.15) is 0 Å². The van der Waals surface area contributed by atoms with E-state index >= 15 is 0 Å². The Labute approximate surface area is 121 Å². The van der Waals surface area contributed by atoms with Crippen LogP contribution in [0.3, 0.4) is 0 Å². The van der Waals surface area contributed by atoms with Gasteiger partial charge in [-0.2, -0.15) is 0 Å². The fourth-order valence-electron chi connectivity index (χ4n) is 1.47. The standard InChI is InChI=1S/C12H13ClN2O2S2/c13-10-3-1-9(2-4-10)7-15-19(16,17)12-5-11(6-14)18-8-12/h1-5,8,15H,6-7,14H2. The van der Waals surface area contributed by atoms with Gasteiger partial charge in [0.25, 0.3) is 0 Å². The first-order valence-electron chi connectivity index (χ1n) is 5.53. The molecule has 0 aliphatic carbocycles. The van der Waals surface area contributed by atoms with Gasteiger partial charge in [-0.15, -0.1) is 11.3 Å². The summed E-state index contributed by atoms with van der Waals surface area (Å²) in [7, 11) is -3.49. The van der Waals surface area contributed by atoms with Gasteiger partial charge in [0.2, 0.25) is 10.0 Å². The van der Waals surface area contributed by atoms with Crippen molar-refractivity contribution >= 4 is 33.0 Å². The van der Waals surface area contributed by atoms with Crippen LogP contribution in [0.5, 0.6) is 0 Å². The minimum Gasteiger partial charge on any atom is -0.326 e. The average molecular weight is 317 g/mol. The Hall–Kier alpha value is -0.920. The van der Waals surface area contributed by atoms with Gasteiger partial charge in [-0.1, -0.05) is 23.7 Å². The molecule has 0 amide bonds. The molecule has 0 fully saturated rings. The zero-order valence-electron chi connectivity index (χ0n) is 9.97. The quantitative estimate of drug-likeness (QED) is 0.889. The maximum absolute atomic E-state index is 12.0. The second-order valence-electron chi connectivity index (χ2n) is 3.90. The zero-order chi connectivity index (χ0) is 13.9. The van der Waals surface area contributed by atoms with Crippen LogP contribution >= 0.6 is 22.9 Å². The van der Waals surface area contributed by atoms with Crippen molar-refractivity contribution in [3.05, 3.63) is 51.2 Å². The van der Waals surface area contributed by atoms with Gasteiger partial charge < -0.3 is 5.73 Å². The number of nitrogens with two attached hydrogens (primary N) is 1. The van der Waals surface area contributed by atoms with Gasteiger partial charge in [0, 0.05) is 28.4 Å².